The number of carbonyl (C=O) groups excluding carboxylic acids is 1. The van der Waals surface area contributed by atoms with Crippen LogP contribution in [0, 0.1) is 0 Å². The molecule has 88 valence electrons. The van der Waals surface area contributed by atoms with Crippen molar-refractivity contribution in [1.29, 1.82) is 0 Å². The van der Waals surface area contributed by atoms with Crippen LogP contribution in [-0.2, 0) is 11.3 Å². The Morgan fingerprint density at radius 3 is 2.69 bits per heavy atom. The van der Waals surface area contributed by atoms with Gasteiger partial charge >= 0.3 is 5.97 Å². The molecular weight excluding hydrogens is 204 g/mol. The molecule has 16 heavy (non-hydrogen) atoms. The fourth-order valence-electron chi connectivity index (χ4n) is 1.53. The zero-order valence-corrected chi connectivity index (χ0v) is 10.1. The topological polar surface area (TPSA) is 42.4 Å². The predicted molar refractivity (Wildman–Crippen MR) is 62.2 cm³/mol. The van der Waals surface area contributed by atoms with Crippen LogP contribution in [-0.4, -0.2) is 36.1 Å². The lowest BCUT2D eigenvalue weighted by molar-refractivity contribution is 0.0591. The molecule has 0 N–H and O–H groups in total. The lowest BCUT2D eigenvalue weighted by atomic mass is 10.2. The molecule has 1 aromatic rings. The van der Waals surface area contributed by atoms with Crippen molar-refractivity contribution in [3.63, 3.8) is 0 Å². The van der Waals surface area contributed by atoms with Gasteiger partial charge in [-0.3, -0.25) is 4.90 Å². The summed E-state index contributed by atoms with van der Waals surface area (Å²) in [5, 5.41) is 0. The molecule has 0 saturated heterocycles. The summed E-state index contributed by atoms with van der Waals surface area (Å²) in [5.74, 6) is -0.372. The Hall–Kier alpha value is -1.42. The Kier molecular flexibility index (Phi) is 4.92. The van der Waals surface area contributed by atoms with Gasteiger partial charge in [-0.05, 0) is 24.7 Å². The molecule has 0 amide bonds. The molecule has 1 heterocycles. The number of aromatic nitrogens is 1. The van der Waals surface area contributed by atoms with Crippen LogP contribution in [0.5, 0.6) is 0 Å². The highest BCUT2D eigenvalue weighted by atomic mass is 16.5. The molecule has 1 rings (SSSR count). The number of pyridine rings is 1. The summed E-state index contributed by atoms with van der Waals surface area (Å²) >= 11 is 0. The minimum absolute atomic E-state index is 0.372. The first-order chi connectivity index (χ1) is 7.72. The van der Waals surface area contributed by atoms with Gasteiger partial charge in [0.15, 0.2) is 5.69 Å². The van der Waals surface area contributed by atoms with Crippen molar-refractivity contribution in [2.75, 3.05) is 20.2 Å². The molecule has 0 aliphatic rings. The van der Waals surface area contributed by atoms with E-state index in [1.807, 2.05) is 12.1 Å². The van der Waals surface area contributed by atoms with Crippen LogP contribution in [0.4, 0.5) is 0 Å². The van der Waals surface area contributed by atoms with Gasteiger partial charge in [0.1, 0.15) is 0 Å². The average molecular weight is 222 g/mol. The van der Waals surface area contributed by atoms with Crippen molar-refractivity contribution in [2.24, 2.45) is 0 Å². The molecule has 1 aromatic heterocycles. The van der Waals surface area contributed by atoms with Gasteiger partial charge < -0.3 is 4.74 Å². The minimum atomic E-state index is -0.372. The monoisotopic (exact) mass is 222 g/mol. The third-order valence-corrected chi connectivity index (χ3v) is 2.56. The molecule has 0 bridgehead atoms. The molecule has 0 atom stereocenters. The van der Waals surface area contributed by atoms with E-state index in [0.29, 0.717) is 5.69 Å². The van der Waals surface area contributed by atoms with Crippen LogP contribution in [0.25, 0.3) is 0 Å². The van der Waals surface area contributed by atoms with Gasteiger partial charge in [0.05, 0.1) is 7.11 Å². The van der Waals surface area contributed by atoms with E-state index in [4.69, 9.17) is 4.74 Å². The fraction of sp³-hybridized carbons (Fsp3) is 0.500. The van der Waals surface area contributed by atoms with E-state index >= 15 is 0 Å². The molecule has 0 unspecified atom stereocenters. The van der Waals surface area contributed by atoms with Crippen molar-refractivity contribution < 1.29 is 9.53 Å². The summed E-state index contributed by atoms with van der Waals surface area (Å²) in [4.78, 5) is 17.8. The van der Waals surface area contributed by atoms with E-state index in [-0.39, 0.29) is 5.97 Å². The van der Waals surface area contributed by atoms with Crippen molar-refractivity contribution >= 4 is 5.97 Å². The highest BCUT2D eigenvalue weighted by molar-refractivity contribution is 5.88. The Labute approximate surface area is 96.2 Å². The largest absolute Gasteiger partial charge is 0.464 e. The molecule has 4 nitrogen and oxygen atoms in total. The van der Waals surface area contributed by atoms with Crippen LogP contribution < -0.4 is 0 Å². The smallest absolute Gasteiger partial charge is 0.356 e. The number of hydrogen-bond donors (Lipinski definition) is 0. The zero-order chi connectivity index (χ0) is 12.0. The SMILES string of the molecule is CCN(CC)Cc1cccnc1C(=O)OC. The second-order valence-corrected chi connectivity index (χ2v) is 3.46. The van der Waals surface area contributed by atoms with Crippen LogP contribution in [0.1, 0.15) is 29.9 Å². The summed E-state index contributed by atoms with van der Waals surface area (Å²) in [6, 6.07) is 3.75. The zero-order valence-electron chi connectivity index (χ0n) is 10.1. The van der Waals surface area contributed by atoms with Crippen LogP contribution in [0.3, 0.4) is 0 Å². The molecule has 0 aromatic carbocycles. The fourth-order valence-corrected chi connectivity index (χ4v) is 1.53. The Morgan fingerprint density at radius 2 is 2.12 bits per heavy atom. The second kappa shape index (κ2) is 6.23. The van der Waals surface area contributed by atoms with Crippen molar-refractivity contribution in [3.05, 3.63) is 29.6 Å². The van der Waals surface area contributed by atoms with Gasteiger partial charge in [0.2, 0.25) is 0 Å². The Balaban J connectivity index is 2.90. The Morgan fingerprint density at radius 1 is 1.44 bits per heavy atom. The van der Waals surface area contributed by atoms with Gasteiger partial charge in [-0.2, -0.15) is 0 Å². The number of rotatable bonds is 5. The number of methoxy groups -OCH3 is 1. The highest BCUT2D eigenvalue weighted by Crippen LogP contribution is 2.10. The van der Waals surface area contributed by atoms with E-state index < -0.39 is 0 Å². The van der Waals surface area contributed by atoms with Crippen molar-refractivity contribution in [2.45, 2.75) is 20.4 Å². The molecule has 4 heteroatoms. The van der Waals surface area contributed by atoms with Gasteiger partial charge in [-0.1, -0.05) is 19.9 Å². The van der Waals surface area contributed by atoms with E-state index in [0.717, 1.165) is 25.2 Å². The van der Waals surface area contributed by atoms with Crippen LogP contribution in [0.15, 0.2) is 18.3 Å². The summed E-state index contributed by atoms with van der Waals surface area (Å²) < 4.78 is 4.71. The maximum absolute atomic E-state index is 11.5. The van der Waals surface area contributed by atoms with E-state index in [2.05, 4.69) is 23.7 Å². The lowest BCUT2D eigenvalue weighted by Gasteiger charge is -2.18. The highest BCUT2D eigenvalue weighted by Gasteiger charge is 2.14. The molecule has 0 radical (unpaired) electrons. The molecular formula is C12H18N2O2. The first kappa shape index (κ1) is 12.6. The second-order valence-electron chi connectivity index (χ2n) is 3.46. The van der Waals surface area contributed by atoms with E-state index in [1.54, 1.807) is 6.20 Å². The molecule has 0 fully saturated rings. The number of carbonyl (C=O) groups is 1. The van der Waals surface area contributed by atoms with Gasteiger partial charge in [-0.15, -0.1) is 0 Å². The van der Waals surface area contributed by atoms with Gasteiger partial charge in [0.25, 0.3) is 0 Å². The number of esters is 1. The summed E-state index contributed by atoms with van der Waals surface area (Å²) in [7, 11) is 1.37. The van der Waals surface area contributed by atoms with Crippen LogP contribution >= 0.6 is 0 Å². The molecule has 0 aliphatic heterocycles. The summed E-state index contributed by atoms with van der Waals surface area (Å²) in [6.45, 7) is 6.82. The molecule has 0 aliphatic carbocycles. The number of nitrogens with zero attached hydrogens (tertiary/aromatic N) is 2. The third-order valence-electron chi connectivity index (χ3n) is 2.56. The lowest BCUT2D eigenvalue weighted by Crippen LogP contribution is -2.24. The molecule has 0 saturated carbocycles. The van der Waals surface area contributed by atoms with Crippen molar-refractivity contribution in [1.82, 2.24) is 9.88 Å². The number of hydrogen-bond acceptors (Lipinski definition) is 4. The summed E-state index contributed by atoms with van der Waals surface area (Å²) in [5.41, 5.74) is 1.33. The standard InChI is InChI=1S/C12H18N2O2/c1-4-14(5-2)9-10-7-6-8-13-11(10)12(15)16-3/h6-8H,4-5,9H2,1-3H3. The Bertz CT molecular complexity index is 349. The first-order valence-electron chi connectivity index (χ1n) is 5.47. The van der Waals surface area contributed by atoms with Gasteiger partial charge in [-0.25, -0.2) is 9.78 Å². The van der Waals surface area contributed by atoms with Crippen LogP contribution in [0.2, 0.25) is 0 Å². The maximum Gasteiger partial charge on any atom is 0.356 e. The number of ether oxygens (including phenoxy) is 1. The predicted octanol–water partition coefficient (Wildman–Crippen LogP) is 1.71. The normalized spacial score (nSPS) is 10.5. The van der Waals surface area contributed by atoms with E-state index in [9.17, 15) is 4.79 Å². The summed E-state index contributed by atoms with van der Waals surface area (Å²) in [6.07, 6.45) is 1.61. The maximum atomic E-state index is 11.5. The first-order valence-corrected chi connectivity index (χ1v) is 5.47. The minimum Gasteiger partial charge on any atom is -0.464 e. The van der Waals surface area contributed by atoms with E-state index in [1.165, 1.54) is 7.11 Å². The molecule has 0 spiro atoms. The average Bonchev–Trinajstić information content (AvgIpc) is 2.35. The third kappa shape index (κ3) is 3.03. The van der Waals surface area contributed by atoms with Crippen molar-refractivity contribution in [3.8, 4) is 0 Å². The quantitative estimate of drug-likeness (QED) is 0.711. The van der Waals surface area contributed by atoms with Gasteiger partial charge in [0, 0.05) is 12.7 Å².